The summed E-state index contributed by atoms with van der Waals surface area (Å²) < 4.78 is 15.5. The second-order valence-corrected chi connectivity index (χ2v) is 5.45. The Bertz CT molecular complexity index is 776. The lowest BCUT2D eigenvalue weighted by Gasteiger charge is -2.16. The van der Waals surface area contributed by atoms with E-state index >= 15 is 0 Å². The van der Waals surface area contributed by atoms with E-state index in [-0.39, 0.29) is 6.79 Å². The minimum Gasteiger partial charge on any atom is -0.454 e. The summed E-state index contributed by atoms with van der Waals surface area (Å²) in [5.74, 6) is -0.280. The largest absolute Gasteiger partial charge is 0.454 e. The Hall–Kier alpha value is -3.06. The number of aliphatic hydroxyl groups excluding tert-OH is 1. The number of aliphatic hydroxyl groups is 1. The van der Waals surface area contributed by atoms with E-state index in [0.717, 1.165) is 0 Å². The highest BCUT2D eigenvalue weighted by Crippen LogP contribution is 2.34. The molecule has 7 heteroatoms. The van der Waals surface area contributed by atoms with Gasteiger partial charge in [0.1, 0.15) is 0 Å². The van der Waals surface area contributed by atoms with Gasteiger partial charge in [0.15, 0.2) is 23.7 Å². The molecular weight excluding hydrogens is 326 g/mol. The number of fused-ring (bicyclic) bond motifs is 1. The summed E-state index contributed by atoms with van der Waals surface area (Å²) in [4.78, 5) is 24.1. The number of hydrogen-bond donors (Lipinski definition) is 2. The van der Waals surface area contributed by atoms with Crippen LogP contribution in [0.2, 0.25) is 0 Å². The Morgan fingerprint density at radius 1 is 1.12 bits per heavy atom. The van der Waals surface area contributed by atoms with Crippen molar-refractivity contribution in [2.45, 2.75) is 19.1 Å². The number of anilines is 1. The maximum Gasteiger partial charge on any atom is 0.340 e. The third kappa shape index (κ3) is 3.89. The van der Waals surface area contributed by atoms with Crippen molar-refractivity contribution in [1.82, 2.24) is 0 Å². The molecule has 1 heterocycles. The van der Waals surface area contributed by atoms with Crippen molar-refractivity contribution in [2.24, 2.45) is 0 Å². The van der Waals surface area contributed by atoms with E-state index in [1.807, 2.05) is 0 Å². The van der Waals surface area contributed by atoms with E-state index in [2.05, 4.69) is 5.32 Å². The van der Waals surface area contributed by atoms with E-state index in [1.54, 1.807) is 48.5 Å². The molecule has 1 aliphatic heterocycles. The van der Waals surface area contributed by atoms with E-state index in [4.69, 9.17) is 14.2 Å². The molecule has 0 unspecified atom stereocenters. The van der Waals surface area contributed by atoms with Gasteiger partial charge in [0.05, 0.1) is 0 Å². The summed E-state index contributed by atoms with van der Waals surface area (Å²) in [7, 11) is 0. The number of esters is 1. The van der Waals surface area contributed by atoms with Crippen LogP contribution in [0.15, 0.2) is 48.5 Å². The standard InChI is InChI=1S/C18H17NO6/c1-11(25-18(22)16(20)12-5-3-2-4-6-12)17(21)19-13-7-8-14-15(9-13)24-10-23-14/h2-9,11,16,20H,10H2,1H3,(H,19,21)/t11-,16+/m1/s1. The van der Waals surface area contributed by atoms with Crippen molar-refractivity contribution in [3.8, 4) is 11.5 Å². The number of carbonyl (C=O) groups is 2. The van der Waals surface area contributed by atoms with E-state index < -0.39 is 24.1 Å². The summed E-state index contributed by atoms with van der Waals surface area (Å²) in [6, 6.07) is 13.3. The molecule has 0 fully saturated rings. The smallest absolute Gasteiger partial charge is 0.340 e. The molecule has 0 saturated heterocycles. The van der Waals surface area contributed by atoms with Crippen LogP contribution in [0.3, 0.4) is 0 Å². The molecule has 0 spiro atoms. The minimum absolute atomic E-state index is 0.137. The predicted octanol–water partition coefficient (Wildman–Crippen LogP) is 2.02. The molecule has 0 radical (unpaired) electrons. The number of nitrogens with one attached hydrogen (secondary N) is 1. The molecule has 0 aromatic heterocycles. The summed E-state index contributed by atoms with van der Waals surface area (Å²) in [6.45, 7) is 1.57. The fraction of sp³-hybridized carbons (Fsp3) is 0.222. The Morgan fingerprint density at radius 2 is 1.84 bits per heavy atom. The molecule has 2 N–H and O–H groups in total. The van der Waals surface area contributed by atoms with Gasteiger partial charge in [-0.15, -0.1) is 0 Å². The fourth-order valence-corrected chi connectivity index (χ4v) is 2.28. The Morgan fingerprint density at radius 3 is 2.60 bits per heavy atom. The molecule has 25 heavy (non-hydrogen) atoms. The first-order valence-corrected chi connectivity index (χ1v) is 7.68. The van der Waals surface area contributed by atoms with Gasteiger partial charge in [0.25, 0.3) is 5.91 Å². The number of amides is 1. The Balaban J connectivity index is 1.58. The lowest BCUT2D eigenvalue weighted by atomic mass is 10.1. The second-order valence-electron chi connectivity index (χ2n) is 5.45. The van der Waals surface area contributed by atoms with Crippen molar-refractivity contribution in [2.75, 3.05) is 12.1 Å². The first-order valence-electron chi connectivity index (χ1n) is 7.68. The Labute approximate surface area is 144 Å². The molecule has 2 aromatic rings. The van der Waals surface area contributed by atoms with Gasteiger partial charge in [0, 0.05) is 11.8 Å². The average molecular weight is 343 g/mol. The van der Waals surface area contributed by atoms with E-state index in [0.29, 0.717) is 22.7 Å². The van der Waals surface area contributed by atoms with Crippen LogP contribution in [0.5, 0.6) is 11.5 Å². The van der Waals surface area contributed by atoms with Crippen LogP contribution in [0.25, 0.3) is 0 Å². The highest BCUT2D eigenvalue weighted by atomic mass is 16.7. The quantitative estimate of drug-likeness (QED) is 0.807. The molecule has 0 bridgehead atoms. The van der Waals surface area contributed by atoms with Gasteiger partial charge in [-0.2, -0.15) is 0 Å². The lowest BCUT2D eigenvalue weighted by Crippen LogP contribution is -2.31. The highest BCUT2D eigenvalue weighted by Gasteiger charge is 2.25. The van der Waals surface area contributed by atoms with Crippen LogP contribution >= 0.6 is 0 Å². The first-order chi connectivity index (χ1) is 12.0. The fourth-order valence-electron chi connectivity index (χ4n) is 2.28. The first kappa shape index (κ1) is 16.8. The number of carbonyl (C=O) groups excluding carboxylic acids is 2. The zero-order chi connectivity index (χ0) is 17.8. The monoisotopic (exact) mass is 343 g/mol. The zero-order valence-corrected chi connectivity index (χ0v) is 13.5. The molecule has 1 aliphatic rings. The van der Waals surface area contributed by atoms with Crippen LogP contribution in [-0.4, -0.2) is 29.9 Å². The molecule has 130 valence electrons. The van der Waals surface area contributed by atoms with Crippen molar-refractivity contribution in [1.29, 1.82) is 0 Å². The minimum atomic E-state index is -1.44. The molecule has 3 rings (SSSR count). The second kappa shape index (κ2) is 7.23. The number of ether oxygens (including phenoxy) is 3. The SMILES string of the molecule is C[C@@H](OC(=O)[C@@H](O)c1ccccc1)C(=O)Nc1ccc2c(c1)OCO2. The van der Waals surface area contributed by atoms with Gasteiger partial charge in [-0.1, -0.05) is 30.3 Å². The van der Waals surface area contributed by atoms with Crippen LogP contribution in [0, 0.1) is 0 Å². The number of benzene rings is 2. The third-order valence-electron chi connectivity index (χ3n) is 3.64. The van der Waals surface area contributed by atoms with Crippen LogP contribution in [0.1, 0.15) is 18.6 Å². The van der Waals surface area contributed by atoms with Gasteiger partial charge in [-0.25, -0.2) is 4.79 Å². The van der Waals surface area contributed by atoms with Crippen molar-refractivity contribution in [3.63, 3.8) is 0 Å². The molecule has 0 saturated carbocycles. The Kier molecular flexibility index (Phi) is 4.85. The maximum absolute atomic E-state index is 12.2. The van der Waals surface area contributed by atoms with E-state index in [9.17, 15) is 14.7 Å². The third-order valence-corrected chi connectivity index (χ3v) is 3.64. The van der Waals surface area contributed by atoms with Gasteiger partial charge in [-0.05, 0) is 24.6 Å². The van der Waals surface area contributed by atoms with Crippen molar-refractivity contribution < 1.29 is 28.9 Å². The molecular formula is C18H17NO6. The molecule has 0 aliphatic carbocycles. The van der Waals surface area contributed by atoms with Gasteiger partial charge >= 0.3 is 5.97 Å². The average Bonchev–Trinajstić information content (AvgIpc) is 3.09. The van der Waals surface area contributed by atoms with Crippen LogP contribution in [0.4, 0.5) is 5.69 Å². The summed E-state index contributed by atoms with van der Waals surface area (Å²) >= 11 is 0. The normalized spacial score (nSPS) is 14.5. The lowest BCUT2D eigenvalue weighted by molar-refractivity contribution is -0.162. The molecule has 1 amide bonds. The van der Waals surface area contributed by atoms with Crippen LogP contribution in [-0.2, 0) is 14.3 Å². The molecule has 2 atom stereocenters. The van der Waals surface area contributed by atoms with Crippen molar-refractivity contribution in [3.05, 3.63) is 54.1 Å². The molecule has 2 aromatic carbocycles. The van der Waals surface area contributed by atoms with Gasteiger partial charge in [-0.3, -0.25) is 4.79 Å². The maximum atomic E-state index is 12.2. The predicted molar refractivity (Wildman–Crippen MR) is 88.2 cm³/mol. The zero-order valence-electron chi connectivity index (χ0n) is 13.5. The van der Waals surface area contributed by atoms with Crippen LogP contribution < -0.4 is 14.8 Å². The highest BCUT2D eigenvalue weighted by molar-refractivity contribution is 5.95. The number of hydrogen-bond acceptors (Lipinski definition) is 6. The summed E-state index contributed by atoms with van der Waals surface area (Å²) in [5, 5.41) is 12.6. The summed E-state index contributed by atoms with van der Waals surface area (Å²) in [6.07, 6.45) is -2.52. The van der Waals surface area contributed by atoms with Gasteiger partial charge in [0.2, 0.25) is 6.79 Å². The topological polar surface area (TPSA) is 94.1 Å². The summed E-state index contributed by atoms with van der Waals surface area (Å²) in [5.41, 5.74) is 0.886. The number of rotatable bonds is 5. The molecule has 7 nitrogen and oxygen atoms in total. The van der Waals surface area contributed by atoms with E-state index in [1.165, 1.54) is 6.92 Å². The van der Waals surface area contributed by atoms with Gasteiger partial charge < -0.3 is 24.6 Å². The van der Waals surface area contributed by atoms with Crippen molar-refractivity contribution >= 4 is 17.6 Å².